The van der Waals surface area contributed by atoms with Crippen molar-refractivity contribution in [3.8, 4) is 11.3 Å². The van der Waals surface area contributed by atoms with Crippen molar-refractivity contribution in [2.75, 3.05) is 5.73 Å². The minimum Gasteiger partial charge on any atom is -0.382 e. The molecule has 1 aromatic carbocycles. The molecule has 3 aromatic rings. The third-order valence-electron chi connectivity index (χ3n) is 3.47. The molecule has 0 fully saturated rings. The van der Waals surface area contributed by atoms with E-state index in [1.54, 1.807) is 4.52 Å². The zero-order valence-electron chi connectivity index (χ0n) is 12.1. The van der Waals surface area contributed by atoms with E-state index in [1.165, 1.54) is 6.33 Å². The summed E-state index contributed by atoms with van der Waals surface area (Å²) < 4.78 is 1.78. The van der Waals surface area contributed by atoms with Gasteiger partial charge in [0.2, 0.25) is 0 Å². The number of nitrogen functional groups attached to an aromatic ring is 1. The fraction of sp³-hybridized carbons (Fsp3) is 0.267. The molecule has 0 aliphatic heterocycles. The molecule has 0 spiro atoms. The zero-order valence-corrected chi connectivity index (χ0v) is 12.1. The molecule has 0 saturated carbocycles. The molecule has 6 nitrogen and oxygen atoms in total. The molecule has 0 radical (unpaired) electrons. The van der Waals surface area contributed by atoms with E-state index in [-0.39, 0.29) is 5.92 Å². The second-order valence-electron chi connectivity index (χ2n) is 5.28. The number of nitrogens with zero attached hydrogens (tertiary/aromatic N) is 4. The van der Waals surface area contributed by atoms with E-state index in [1.807, 2.05) is 24.3 Å². The van der Waals surface area contributed by atoms with E-state index in [0.717, 1.165) is 28.2 Å². The largest absolute Gasteiger partial charge is 0.382 e. The summed E-state index contributed by atoms with van der Waals surface area (Å²) in [6.07, 6.45) is 1.46. The predicted octanol–water partition coefficient (Wildman–Crippen LogP) is 1.96. The lowest BCUT2D eigenvalue weighted by atomic mass is 10.1. The van der Waals surface area contributed by atoms with Crippen molar-refractivity contribution < 1.29 is 0 Å². The van der Waals surface area contributed by atoms with E-state index in [9.17, 15) is 0 Å². The maximum atomic E-state index is 6.03. The Morgan fingerprint density at radius 1 is 1.19 bits per heavy atom. The van der Waals surface area contributed by atoms with Gasteiger partial charge in [0.25, 0.3) is 0 Å². The van der Waals surface area contributed by atoms with Gasteiger partial charge in [-0.3, -0.25) is 0 Å². The second kappa shape index (κ2) is 5.14. The molecule has 6 heteroatoms. The van der Waals surface area contributed by atoms with Crippen molar-refractivity contribution in [1.82, 2.24) is 19.6 Å². The fourth-order valence-corrected chi connectivity index (χ4v) is 2.35. The molecular weight excluding hydrogens is 264 g/mol. The Labute approximate surface area is 122 Å². The summed E-state index contributed by atoms with van der Waals surface area (Å²) in [6.45, 7) is 4.68. The van der Waals surface area contributed by atoms with Gasteiger partial charge in [-0.1, -0.05) is 38.1 Å². The maximum absolute atomic E-state index is 6.03. The molecule has 21 heavy (non-hydrogen) atoms. The monoisotopic (exact) mass is 282 g/mol. The quantitative estimate of drug-likeness (QED) is 0.765. The van der Waals surface area contributed by atoms with Crippen LogP contribution >= 0.6 is 0 Å². The molecular formula is C15H18N6. The Balaban J connectivity index is 2.26. The van der Waals surface area contributed by atoms with Crippen LogP contribution in [0.25, 0.3) is 16.8 Å². The standard InChI is InChI=1S/C15H18N6/c1-9(2)15-20-12(11-5-3-10(7-16)4-6-11)13-14(17)18-8-19-21(13)15/h3-6,8-9H,7,16H2,1-2H3,(H2,17,18,19). The summed E-state index contributed by atoms with van der Waals surface area (Å²) in [5.41, 5.74) is 15.3. The van der Waals surface area contributed by atoms with E-state index < -0.39 is 0 Å². The molecule has 2 heterocycles. The number of imidazole rings is 1. The molecule has 3 rings (SSSR count). The van der Waals surface area contributed by atoms with Crippen molar-refractivity contribution in [3.63, 3.8) is 0 Å². The van der Waals surface area contributed by atoms with Gasteiger partial charge in [0.15, 0.2) is 5.82 Å². The van der Waals surface area contributed by atoms with Gasteiger partial charge in [-0.05, 0) is 5.56 Å². The van der Waals surface area contributed by atoms with Gasteiger partial charge in [-0.2, -0.15) is 5.10 Å². The summed E-state index contributed by atoms with van der Waals surface area (Å²) in [5, 5.41) is 4.29. The predicted molar refractivity (Wildman–Crippen MR) is 82.6 cm³/mol. The molecule has 0 atom stereocenters. The summed E-state index contributed by atoms with van der Waals surface area (Å²) in [4.78, 5) is 8.81. The zero-order chi connectivity index (χ0) is 15.0. The Hall–Kier alpha value is -2.47. The van der Waals surface area contributed by atoms with Crippen LogP contribution in [0.4, 0.5) is 5.82 Å². The van der Waals surface area contributed by atoms with Crippen LogP contribution in [0.5, 0.6) is 0 Å². The van der Waals surface area contributed by atoms with Crippen molar-refractivity contribution >= 4 is 11.3 Å². The van der Waals surface area contributed by atoms with Crippen molar-refractivity contribution in [2.45, 2.75) is 26.3 Å². The van der Waals surface area contributed by atoms with Gasteiger partial charge in [0, 0.05) is 18.0 Å². The van der Waals surface area contributed by atoms with Crippen molar-refractivity contribution in [2.24, 2.45) is 5.73 Å². The van der Waals surface area contributed by atoms with Gasteiger partial charge in [-0.25, -0.2) is 14.5 Å². The van der Waals surface area contributed by atoms with Gasteiger partial charge in [-0.15, -0.1) is 0 Å². The fourth-order valence-electron chi connectivity index (χ4n) is 2.35. The van der Waals surface area contributed by atoms with Crippen LogP contribution in [0.2, 0.25) is 0 Å². The van der Waals surface area contributed by atoms with E-state index in [2.05, 4.69) is 23.9 Å². The second-order valence-corrected chi connectivity index (χ2v) is 5.28. The first-order valence-corrected chi connectivity index (χ1v) is 6.90. The average Bonchev–Trinajstić information content (AvgIpc) is 2.88. The highest BCUT2D eigenvalue weighted by Gasteiger charge is 2.18. The van der Waals surface area contributed by atoms with Gasteiger partial charge in [0.1, 0.15) is 23.4 Å². The first-order valence-electron chi connectivity index (χ1n) is 6.90. The van der Waals surface area contributed by atoms with Crippen LogP contribution < -0.4 is 11.5 Å². The van der Waals surface area contributed by atoms with Crippen molar-refractivity contribution in [3.05, 3.63) is 42.0 Å². The molecule has 0 amide bonds. The minimum absolute atomic E-state index is 0.240. The number of anilines is 1. The Morgan fingerprint density at radius 2 is 1.90 bits per heavy atom. The lowest BCUT2D eigenvalue weighted by Gasteiger charge is -2.03. The van der Waals surface area contributed by atoms with Gasteiger partial charge < -0.3 is 11.5 Å². The summed E-state index contributed by atoms with van der Waals surface area (Å²) in [5.74, 6) is 1.54. The smallest absolute Gasteiger partial charge is 0.153 e. The lowest BCUT2D eigenvalue weighted by molar-refractivity contribution is 0.721. The molecule has 108 valence electrons. The number of nitrogens with two attached hydrogens (primary N) is 2. The van der Waals surface area contributed by atoms with Crippen LogP contribution in [-0.2, 0) is 6.54 Å². The SMILES string of the molecule is CC(C)c1nc(-c2ccc(CN)cc2)c2c(N)ncnn12. The van der Waals surface area contributed by atoms with Crippen LogP contribution in [0, 0.1) is 0 Å². The van der Waals surface area contributed by atoms with E-state index in [4.69, 9.17) is 16.5 Å². The highest BCUT2D eigenvalue weighted by molar-refractivity contribution is 5.84. The van der Waals surface area contributed by atoms with Gasteiger partial charge in [0.05, 0.1) is 0 Å². The average molecular weight is 282 g/mol. The molecule has 0 aliphatic carbocycles. The van der Waals surface area contributed by atoms with Crippen LogP contribution in [-0.4, -0.2) is 19.6 Å². The van der Waals surface area contributed by atoms with Gasteiger partial charge >= 0.3 is 0 Å². The third-order valence-corrected chi connectivity index (χ3v) is 3.47. The first-order chi connectivity index (χ1) is 10.1. The maximum Gasteiger partial charge on any atom is 0.153 e. The van der Waals surface area contributed by atoms with Crippen LogP contribution in [0.15, 0.2) is 30.6 Å². The number of hydrogen-bond donors (Lipinski definition) is 2. The number of benzene rings is 1. The topological polar surface area (TPSA) is 95.1 Å². The summed E-state index contributed by atoms with van der Waals surface area (Å²) in [7, 11) is 0. The summed E-state index contributed by atoms with van der Waals surface area (Å²) in [6, 6.07) is 7.99. The molecule has 0 unspecified atom stereocenters. The summed E-state index contributed by atoms with van der Waals surface area (Å²) >= 11 is 0. The number of rotatable bonds is 3. The number of hydrogen-bond acceptors (Lipinski definition) is 5. The highest BCUT2D eigenvalue weighted by Crippen LogP contribution is 2.29. The third kappa shape index (κ3) is 2.23. The Kier molecular flexibility index (Phi) is 3.31. The minimum atomic E-state index is 0.240. The van der Waals surface area contributed by atoms with E-state index >= 15 is 0 Å². The van der Waals surface area contributed by atoms with E-state index in [0.29, 0.717) is 12.4 Å². The normalized spacial score (nSPS) is 11.4. The van der Waals surface area contributed by atoms with Crippen LogP contribution in [0.3, 0.4) is 0 Å². The molecule has 0 aliphatic rings. The van der Waals surface area contributed by atoms with Crippen molar-refractivity contribution in [1.29, 1.82) is 0 Å². The number of fused-ring (bicyclic) bond motifs is 1. The highest BCUT2D eigenvalue weighted by atomic mass is 15.3. The molecule has 2 aromatic heterocycles. The Bertz CT molecular complexity index is 773. The molecule has 4 N–H and O–H groups in total. The Morgan fingerprint density at radius 3 is 2.52 bits per heavy atom. The lowest BCUT2D eigenvalue weighted by Crippen LogP contribution is -2.03. The number of aromatic nitrogens is 4. The molecule has 0 bridgehead atoms. The molecule has 0 saturated heterocycles. The first kappa shape index (κ1) is 13.5. The van der Waals surface area contributed by atoms with Crippen LogP contribution in [0.1, 0.15) is 31.2 Å².